The van der Waals surface area contributed by atoms with Gasteiger partial charge < -0.3 is 5.32 Å². The van der Waals surface area contributed by atoms with Gasteiger partial charge in [0.2, 0.25) is 0 Å². The zero-order valence-electron chi connectivity index (χ0n) is 14.3. The van der Waals surface area contributed by atoms with Gasteiger partial charge in [-0.2, -0.15) is 0 Å². The zero-order chi connectivity index (χ0) is 19.4. The van der Waals surface area contributed by atoms with Crippen molar-refractivity contribution >= 4 is 43.4 Å². The molecule has 1 amide bonds. The number of hydrogen-bond acceptors (Lipinski definition) is 4. The van der Waals surface area contributed by atoms with Crippen LogP contribution < -0.4 is 10.0 Å². The molecule has 0 fully saturated rings. The first kappa shape index (κ1) is 19.1. The molecule has 138 valence electrons. The molecule has 8 heteroatoms. The number of pyridine rings is 1. The first-order valence-corrected chi connectivity index (χ1v) is 10.3. The quantitative estimate of drug-likeness (QED) is 0.615. The Morgan fingerprint density at radius 1 is 0.963 bits per heavy atom. The average Bonchev–Trinajstić information content (AvgIpc) is 2.62. The Balaban J connectivity index is 1.87. The molecule has 1 heterocycles. The number of sulfonamides is 1. The van der Waals surface area contributed by atoms with E-state index in [1.807, 2.05) is 13.0 Å². The molecule has 0 spiro atoms. The number of nitrogens with zero attached hydrogens (tertiary/aromatic N) is 1. The highest BCUT2D eigenvalue weighted by molar-refractivity contribution is 9.10. The van der Waals surface area contributed by atoms with Crippen LogP contribution in [0.2, 0.25) is 0 Å². The van der Waals surface area contributed by atoms with Crippen LogP contribution in [-0.2, 0) is 10.0 Å². The predicted molar refractivity (Wildman–Crippen MR) is 108 cm³/mol. The number of carbonyl (C=O) groups is 1. The predicted octanol–water partition coefficient (Wildman–Crippen LogP) is 4.21. The van der Waals surface area contributed by atoms with Gasteiger partial charge in [0.15, 0.2) is 0 Å². The summed E-state index contributed by atoms with van der Waals surface area (Å²) in [5.41, 5.74) is 1.14. The SMILES string of the molecule is Cc1cccc(NC(=O)c2ccccc2NS(=O)(=O)c2ccc(Br)cc2)n1. The Morgan fingerprint density at radius 3 is 2.37 bits per heavy atom. The minimum Gasteiger partial charge on any atom is -0.306 e. The van der Waals surface area contributed by atoms with Crippen LogP contribution in [0.4, 0.5) is 11.5 Å². The fourth-order valence-electron chi connectivity index (χ4n) is 2.38. The molecular weight excluding hydrogens is 430 g/mol. The van der Waals surface area contributed by atoms with Gasteiger partial charge in [-0.05, 0) is 55.5 Å². The fraction of sp³-hybridized carbons (Fsp3) is 0.0526. The van der Waals surface area contributed by atoms with E-state index in [1.54, 1.807) is 42.5 Å². The number of rotatable bonds is 5. The highest BCUT2D eigenvalue weighted by atomic mass is 79.9. The van der Waals surface area contributed by atoms with Gasteiger partial charge >= 0.3 is 0 Å². The molecule has 0 radical (unpaired) electrons. The summed E-state index contributed by atoms with van der Waals surface area (Å²) in [6.07, 6.45) is 0. The van der Waals surface area contributed by atoms with E-state index in [9.17, 15) is 13.2 Å². The van der Waals surface area contributed by atoms with Crippen molar-refractivity contribution in [3.8, 4) is 0 Å². The normalized spacial score (nSPS) is 11.0. The third-order valence-electron chi connectivity index (χ3n) is 3.67. The van der Waals surface area contributed by atoms with E-state index < -0.39 is 15.9 Å². The first-order chi connectivity index (χ1) is 12.8. The van der Waals surface area contributed by atoms with Crippen molar-refractivity contribution in [1.29, 1.82) is 0 Å². The third kappa shape index (κ3) is 4.72. The summed E-state index contributed by atoms with van der Waals surface area (Å²) in [6.45, 7) is 1.82. The number of anilines is 2. The molecule has 0 aliphatic rings. The topological polar surface area (TPSA) is 88.2 Å². The number of aromatic nitrogens is 1. The molecule has 3 rings (SSSR count). The molecule has 0 aliphatic carbocycles. The molecule has 1 aromatic heterocycles. The highest BCUT2D eigenvalue weighted by Gasteiger charge is 2.19. The summed E-state index contributed by atoms with van der Waals surface area (Å²) in [4.78, 5) is 16.9. The molecule has 0 saturated carbocycles. The lowest BCUT2D eigenvalue weighted by Gasteiger charge is -2.13. The van der Waals surface area contributed by atoms with Crippen molar-refractivity contribution in [3.63, 3.8) is 0 Å². The maximum absolute atomic E-state index is 12.6. The van der Waals surface area contributed by atoms with Gasteiger partial charge in [-0.3, -0.25) is 9.52 Å². The number of benzene rings is 2. The number of halogens is 1. The summed E-state index contributed by atoms with van der Waals surface area (Å²) in [7, 11) is -3.83. The standard InChI is InChI=1S/C19H16BrN3O3S/c1-13-5-4-8-18(21-13)22-19(24)16-6-2-3-7-17(16)23-27(25,26)15-11-9-14(20)10-12-15/h2-12,23H,1H3,(H,21,22,24). The van der Waals surface area contributed by atoms with Crippen LogP contribution in [0.15, 0.2) is 76.1 Å². The summed E-state index contributed by atoms with van der Waals surface area (Å²) < 4.78 is 28.5. The Kier molecular flexibility index (Phi) is 5.57. The van der Waals surface area contributed by atoms with Gasteiger partial charge in [0.05, 0.1) is 16.1 Å². The lowest BCUT2D eigenvalue weighted by atomic mass is 10.1. The molecular formula is C19H16BrN3O3S. The monoisotopic (exact) mass is 445 g/mol. The minimum absolute atomic E-state index is 0.0984. The Hall–Kier alpha value is -2.71. The van der Waals surface area contributed by atoms with Gasteiger partial charge in [-0.25, -0.2) is 13.4 Å². The number of para-hydroxylation sites is 1. The van der Waals surface area contributed by atoms with Crippen LogP contribution in [0.5, 0.6) is 0 Å². The van der Waals surface area contributed by atoms with Crippen molar-refractivity contribution < 1.29 is 13.2 Å². The van der Waals surface area contributed by atoms with Gasteiger partial charge in [-0.1, -0.05) is 34.1 Å². The Bertz CT molecular complexity index is 1080. The highest BCUT2D eigenvalue weighted by Crippen LogP contribution is 2.22. The largest absolute Gasteiger partial charge is 0.306 e. The van der Waals surface area contributed by atoms with Crippen molar-refractivity contribution in [3.05, 3.63) is 82.5 Å². The maximum Gasteiger partial charge on any atom is 0.261 e. The van der Waals surface area contributed by atoms with E-state index >= 15 is 0 Å². The van der Waals surface area contributed by atoms with Crippen molar-refractivity contribution in [2.45, 2.75) is 11.8 Å². The van der Waals surface area contributed by atoms with E-state index in [0.29, 0.717) is 5.82 Å². The number of carbonyl (C=O) groups excluding carboxylic acids is 1. The molecule has 0 saturated heterocycles. The second-order valence-corrected chi connectivity index (χ2v) is 8.32. The smallest absolute Gasteiger partial charge is 0.261 e. The van der Waals surface area contributed by atoms with E-state index in [1.165, 1.54) is 18.2 Å². The zero-order valence-corrected chi connectivity index (χ0v) is 16.7. The van der Waals surface area contributed by atoms with Crippen LogP contribution in [0, 0.1) is 6.92 Å². The molecule has 27 heavy (non-hydrogen) atoms. The Labute approximate surface area is 165 Å². The second kappa shape index (κ2) is 7.89. The van der Waals surface area contributed by atoms with Crippen LogP contribution in [0.1, 0.15) is 16.1 Å². The lowest BCUT2D eigenvalue weighted by Crippen LogP contribution is -2.19. The number of aryl methyl sites for hydroxylation is 1. The van der Waals surface area contributed by atoms with E-state index in [4.69, 9.17) is 0 Å². The number of nitrogens with one attached hydrogen (secondary N) is 2. The molecule has 0 unspecified atom stereocenters. The average molecular weight is 446 g/mol. The maximum atomic E-state index is 12.6. The van der Waals surface area contributed by atoms with E-state index in [0.717, 1.165) is 10.2 Å². The molecule has 0 aliphatic heterocycles. The van der Waals surface area contributed by atoms with Crippen LogP contribution in [0.25, 0.3) is 0 Å². The number of hydrogen-bond donors (Lipinski definition) is 2. The molecule has 2 N–H and O–H groups in total. The van der Waals surface area contributed by atoms with Gasteiger partial charge in [0.25, 0.3) is 15.9 Å². The molecule has 6 nitrogen and oxygen atoms in total. The second-order valence-electron chi connectivity index (χ2n) is 5.72. The van der Waals surface area contributed by atoms with Gasteiger partial charge in [0, 0.05) is 10.2 Å². The molecule has 0 bridgehead atoms. The summed E-state index contributed by atoms with van der Waals surface area (Å²) in [6, 6.07) is 17.9. The summed E-state index contributed by atoms with van der Waals surface area (Å²) in [5, 5.41) is 2.68. The van der Waals surface area contributed by atoms with Crippen molar-refractivity contribution in [1.82, 2.24) is 4.98 Å². The molecule has 3 aromatic rings. The van der Waals surface area contributed by atoms with E-state index in [2.05, 4.69) is 31.0 Å². The lowest BCUT2D eigenvalue weighted by molar-refractivity contribution is 0.102. The molecule has 0 atom stereocenters. The molecule has 2 aromatic carbocycles. The number of amides is 1. The summed E-state index contributed by atoms with van der Waals surface area (Å²) in [5.74, 6) is -0.0622. The fourth-order valence-corrected chi connectivity index (χ4v) is 3.73. The minimum atomic E-state index is -3.83. The van der Waals surface area contributed by atoms with Crippen molar-refractivity contribution in [2.24, 2.45) is 0 Å². The third-order valence-corrected chi connectivity index (χ3v) is 5.58. The Morgan fingerprint density at radius 2 is 1.67 bits per heavy atom. The summed E-state index contributed by atoms with van der Waals surface area (Å²) >= 11 is 3.27. The van der Waals surface area contributed by atoms with Crippen LogP contribution >= 0.6 is 15.9 Å². The van der Waals surface area contributed by atoms with Crippen molar-refractivity contribution in [2.75, 3.05) is 10.0 Å². The van der Waals surface area contributed by atoms with Gasteiger partial charge in [0.1, 0.15) is 5.82 Å². The van der Waals surface area contributed by atoms with E-state index in [-0.39, 0.29) is 16.1 Å². The first-order valence-electron chi connectivity index (χ1n) is 7.97. The van der Waals surface area contributed by atoms with Crippen LogP contribution in [-0.4, -0.2) is 19.3 Å². The van der Waals surface area contributed by atoms with Gasteiger partial charge in [-0.15, -0.1) is 0 Å². The van der Waals surface area contributed by atoms with Crippen LogP contribution in [0.3, 0.4) is 0 Å².